The lowest BCUT2D eigenvalue weighted by molar-refractivity contribution is -0.502. The van der Waals surface area contributed by atoms with Gasteiger partial charge in [0.15, 0.2) is 81.9 Å². The van der Waals surface area contributed by atoms with Crippen molar-refractivity contribution in [1.29, 1.82) is 0 Å². The fourth-order valence-electron chi connectivity index (χ4n) is 10.0. The first-order chi connectivity index (χ1) is 38.1. The molecule has 2 aliphatic heterocycles. The molecule has 25 heteroatoms. The van der Waals surface area contributed by atoms with E-state index in [2.05, 4.69) is 148 Å². The van der Waals surface area contributed by atoms with Crippen LogP contribution in [0.3, 0.4) is 0 Å². The average molecular weight is 1140 g/mol. The molecule has 0 aromatic heterocycles. The predicted molar refractivity (Wildman–Crippen MR) is 249 cm³/mol. The van der Waals surface area contributed by atoms with Crippen molar-refractivity contribution in [3.8, 4) is 0 Å². The van der Waals surface area contributed by atoms with E-state index in [0.29, 0.717) is 0 Å². The van der Waals surface area contributed by atoms with Crippen molar-refractivity contribution in [1.82, 2.24) is 16.0 Å². The number of nitrogens with one attached hydrogen (secondary N) is 4. The lowest BCUT2D eigenvalue weighted by atomic mass is 9.12. The van der Waals surface area contributed by atoms with Gasteiger partial charge < -0.3 is 10.6 Å². The van der Waals surface area contributed by atoms with Gasteiger partial charge in [-0.1, -0.05) is 121 Å². The smallest absolute Gasteiger partial charge is 0.272 e. The third-order valence-electron chi connectivity index (χ3n) is 13.5. The van der Waals surface area contributed by atoms with Gasteiger partial charge in [0.05, 0.1) is 18.2 Å². The number of benzene rings is 8. The minimum Gasteiger partial charge on any atom is -0.362 e. The quantitative estimate of drug-likeness (QED) is 0.0505. The molecule has 4 nitrogen and oxygen atoms in total. The van der Waals surface area contributed by atoms with Gasteiger partial charge in [0.1, 0.15) is 58.5 Å². The van der Waals surface area contributed by atoms with E-state index in [0.717, 1.165) is 11.7 Å². The van der Waals surface area contributed by atoms with Gasteiger partial charge in [-0.3, -0.25) is 10.3 Å². The molecule has 0 bridgehead atoms. The summed E-state index contributed by atoms with van der Waals surface area (Å²) in [6.45, 7) is 0. The Morgan fingerprint density at radius 2 is 0.500 bits per heavy atom. The molecule has 412 valence electrons. The second-order valence-electron chi connectivity index (χ2n) is 17.9. The molecule has 0 aliphatic carbocycles. The first-order valence-corrected chi connectivity index (χ1v) is 23.1. The van der Waals surface area contributed by atoms with Gasteiger partial charge in [0.2, 0.25) is 0 Å². The number of hydrogen-bond acceptors (Lipinski definition) is 3. The van der Waals surface area contributed by atoms with Crippen LogP contribution in [0.25, 0.3) is 0 Å². The van der Waals surface area contributed by atoms with Crippen molar-refractivity contribution in [2.75, 3.05) is 0 Å². The summed E-state index contributed by atoms with van der Waals surface area (Å²) >= 11 is 0. The lowest BCUT2D eigenvalue weighted by Gasteiger charge is -2.44. The summed E-state index contributed by atoms with van der Waals surface area (Å²) in [7, 11) is 0. The van der Waals surface area contributed by atoms with Gasteiger partial charge in [0, 0.05) is 11.1 Å². The molecule has 2 heterocycles. The van der Waals surface area contributed by atoms with E-state index < -0.39 is 144 Å². The van der Waals surface area contributed by atoms with Gasteiger partial charge in [-0.2, -0.15) is 0 Å². The minimum atomic E-state index is -7.22. The second-order valence-corrected chi connectivity index (χ2v) is 17.9. The first kappa shape index (κ1) is 56.0. The van der Waals surface area contributed by atoms with E-state index in [1.54, 1.807) is 0 Å². The molecule has 10 rings (SSSR count). The van der Waals surface area contributed by atoms with Crippen molar-refractivity contribution in [2.45, 2.75) is 24.2 Å². The van der Waals surface area contributed by atoms with E-state index in [1.807, 2.05) is 0 Å². The molecule has 0 saturated carbocycles. The molecule has 0 radical (unpaired) electrons. The molecular weight excluding hydrogens is 1110 g/mol. The number of amidine groups is 1. The Kier molecular flexibility index (Phi) is 15.3. The van der Waals surface area contributed by atoms with Gasteiger partial charge in [0.25, 0.3) is 5.84 Å². The van der Waals surface area contributed by atoms with Crippen LogP contribution in [0, 0.1) is 116 Å². The highest BCUT2D eigenvalue weighted by molar-refractivity contribution is 7.20. The molecule has 0 spiro atoms. The number of halogens is 20. The first-order valence-electron chi connectivity index (χ1n) is 23.1. The highest BCUT2D eigenvalue weighted by atomic mass is 19.2. The van der Waals surface area contributed by atoms with Crippen LogP contribution in [-0.4, -0.2) is 12.0 Å². The molecule has 8 aromatic carbocycles. The summed E-state index contributed by atoms with van der Waals surface area (Å²) < 4.78 is 294. The van der Waals surface area contributed by atoms with Crippen LogP contribution in [0.15, 0.2) is 133 Å². The van der Waals surface area contributed by atoms with Crippen LogP contribution in [0.1, 0.15) is 46.4 Å². The van der Waals surface area contributed by atoms with Crippen LogP contribution >= 0.6 is 0 Å². The zero-order valence-electron chi connectivity index (χ0n) is 39.6. The van der Waals surface area contributed by atoms with Crippen molar-refractivity contribution < 1.29 is 92.8 Å². The standard InChI is InChI=1S/C31H28N4.C24BF20/c1-5-13-22(14-6-1)28-29(23-15-7-2-8-16-23)33-26(32-28)21-27-34-30(24-17-9-3-10-18-24)31(35-27)25-19-11-4-12-20-25;26-5-1(6(27)14(35)21(42)13(5)34)25(2-7(28)15(36)22(43)16(37)8(2)29,3-9(30)17(38)23(44)18(39)10(3)31)4-11(32)19(40)24(45)20(41)12(4)33/h1-21,28-33H,(H,34,35);/q;-1/p+1/t28-,29-,30-,31-;/m1./s1. The van der Waals surface area contributed by atoms with Gasteiger partial charge in [-0.25, -0.2) is 87.8 Å². The Hall–Kier alpha value is -8.77. The second kappa shape index (κ2) is 21.8. The maximum atomic E-state index is 15.4. The van der Waals surface area contributed by atoms with E-state index in [1.165, 1.54) is 22.3 Å². The lowest BCUT2D eigenvalue weighted by Crippen LogP contribution is -2.81. The van der Waals surface area contributed by atoms with Crippen LogP contribution in [-0.2, 0) is 0 Å². The average Bonchev–Trinajstić information content (AvgIpc) is 4.15. The third-order valence-corrected chi connectivity index (χ3v) is 13.5. The zero-order chi connectivity index (χ0) is 57.8. The fourth-order valence-corrected chi connectivity index (χ4v) is 10.0. The summed E-state index contributed by atoms with van der Waals surface area (Å²) in [6.07, 6.45) is -5.05. The number of hydrogen-bond donors (Lipinski definition) is 4. The van der Waals surface area contributed by atoms with Crippen LogP contribution in [0.4, 0.5) is 87.8 Å². The van der Waals surface area contributed by atoms with Crippen molar-refractivity contribution >= 4 is 33.8 Å². The topological polar surface area (TPSA) is 50.1 Å². The SMILES string of the molecule is C(=C1N[C@H](c2ccccc2)[C@@H](c2ccccc2)N1)C1=[NH+][C@H](c2ccccc2)[C@@H](c2ccccc2)N1.Fc1c(F)c(F)c([B-](c2c(F)c(F)c(F)c(F)c2F)(c2c(F)c(F)c(F)c(F)c2F)c2c(F)c(F)c(F)c(F)c2F)c(F)c1F. The van der Waals surface area contributed by atoms with E-state index >= 15 is 35.1 Å². The molecule has 4 atom stereocenters. The Labute approximate surface area is 437 Å². The molecule has 1 fully saturated rings. The maximum absolute atomic E-state index is 15.4. The summed E-state index contributed by atoms with van der Waals surface area (Å²) in [5, 5.41) is 11.2. The van der Waals surface area contributed by atoms with E-state index in [-0.39, 0.29) is 24.2 Å². The van der Waals surface area contributed by atoms with E-state index in [9.17, 15) is 52.7 Å². The summed E-state index contributed by atoms with van der Waals surface area (Å²) in [5.74, 6) is -69.4. The highest BCUT2D eigenvalue weighted by Gasteiger charge is 2.52. The summed E-state index contributed by atoms with van der Waals surface area (Å²) in [5.41, 5.74) is -9.28. The van der Waals surface area contributed by atoms with Crippen LogP contribution in [0.2, 0.25) is 0 Å². The van der Waals surface area contributed by atoms with E-state index in [4.69, 9.17) is 0 Å². The fraction of sp³-hybridized carbons (Fsp3) is 0.0727. The largest absolute Gasteiger partial charge is 0.362 e. The summed E-state index contributed by atoms with van der Waals surface area (Å²) in [4.78, 5) is 3.74. The molecule has 0 amide bonds. The Morgan fingerprint density at radius 1 is 0.275 bits per heavy atom. The Balaban J connectivity index is 0.000000199. The predicted octanol–water partition coefficient (Wildman–Crippen LogP) is 9.91. The van der Waals surface area contributed by atoms with Crippen LogP contribution < -0.4 is 42.8 Å². The summed E-state index contributed by atoms with van der Waals surface area (Å²) in [6, 6.07) is 43.1. The molecule has 80 heavy (non-hydrogen) atoms. The Morgan fingerprint density at radius 3 is 0.762 bits per heavy atom. The third kappa shape index (κ3) is 9.20. The zero-order valence-corrected chi connectivity index (χ0v) is 39.6. The molecule has 0 unspecified atom stereocenters. The normalized spacial score (nSPS) is 16.9. The minimum absolute atomic E-state index is 0.140. The molecule has 4 N–H and O–H groups in total. The van der Waals surface area contributed by atoms with Gasteiger partial charge in [-0.05, 0) is 11.1 Å². The molecule has 8 aromatic rings. The molecule has 1 saturated heterocycles. The van der Waals surface area contributed by atoms with Crippen molar-refractivity contribution in [3.63, 3.8) is 0 Å². The molecule has 2 aliphatic rings. The number of rotatable bonds is 9. The Bertz CT molecular complexity index is 3350. The monoisotopic (exact) mass is 1140 g/mol. The van der Waals surface area contributed by atoms with Gasteiger partial charge in [-0.15, -0.1) is 21.9 Å². The maximum Gasteiger partial charge on any atom is 0.272 e. The van der Waals surface area contributed by atoms with Crippen molar-refractivity contribution in [2.24, 2.45) is 0 Å². The molecular formula is C55H29BF20N4. The van der Waals surface area contributed by atoms with Gasteiger partial charge >= 0.3 is 0 Å². The van der Waals surface area contributed by atoms with Crippen LogP contribution in [0.5, 0.6) is 0 Å². The highest BCUT2D eigenvalue weighted by Crippen LogP contribution is 2.36. The van der Waals surface area contributed by atoms with Crippen molar-refractivity contribution in [3.05, 3.63) is 272 Å².